The lowest BCUT2D eigenvalue weighted by molar-refractivity contribution is -0.123. The van der Waals surface area contributed by atoms with Crippen LogP contribution in [0.4, 0.5) is 0 Å². The molecule has 1 saturated heterocycles. The maximum Gasteiger partial charge on any atom is 0.223 e. The van der Waals surface area contributed by atoms with Crippen LogP contribution in [0.3, 0.4) is 0 Å². The van der Waals surface area contributed by atoms with Crippen molar-refractivity contribution in [3.8, 4) is 0 Å². The molecule has 4 nitrogen and oxygen atoms in total. The van der Waals surface area contributed by atoms with Crippen molar-refractivity contribution in [3.05, 3.63) is 35.9 Å². The van der Waals surface area contributed by atoms with E-state index in [1.54, 1.807) is 0 Å². The smallest absolute Gasteiger partial charge is 0.223 e. The molecule has 2 N–H and O–H groups in total. The zero-order chi connectivity index (χ0) is 16.3. The molecule has 4 heteroatoms. The largest absolute Gasteiger partial charge is 0.381 e. The molecule has 1 heterocycles. The van der Waals surface area contributed by atoms with E-state index < -0.39 is 0 Å². The molecule has 0 radical (unpaired) electrons. The average Bonchev–Trinajstić information content (AvgIpc) is 3.31. The van der Waals surface area contributed by atoms with Gasteiger partial charge >= 0.3 is 0 Å². The van der Waals surface area contributed by atoms with Crippen molar-refractivity contribution in [1.82, 2.24) is 10.6 Å². The minimum Gasteiger partial charge on any atom is -0.381 e. The van der Waals surface area contributed by atoms with Gasteiger partial charge in [-0.05, 0) is 37.7 Å². The highest BCUT2D eigenvalue weighted by molar-refractivity contribution is 5.81. The van der Waals surface area contributed by atoms with Gasteiger partial charge in [-0.25, -0.2) is 0 Å². The van der Waals surface area contributed by atoms with E-state index in [4.69, 9.17) is 4.74 Å². The summed E-state index contributed by atoms with van der Waals surface area (Å²) in [5.74, 6) is 1.01. The van der Waals surface area contributed by atoms with Gasteiger partial charge in [0.2, 0.25) is 5.91 Å². The van der Waals surface area contributed by atoms with Crippen LogP contribution < -0.4 is 10.6 Å². The van der Waals surface area contributed by atoms with Gasteiger partial charge in [-0.1, -0.05) is 37.3 Å². The summed E-state index contributed by atoms with van der Waals surface area (Å²) in [5, 5.41) is 6.97. The van der Waals surface area contributed by atoms with Crippen LogP contribution in [-0.2, 0) is 9.53 Å². The Hall–Kier alpha value is -1.39. The molecular formula is C19H28N2O2. The molecule has 23 heavy (non-hydrogen) atoms. The molecule has 0 bridgehead atoms. The fourth-order valence-electron chi connectivity index (χ4n) is 3.49. The highest BCUT2D eigenvalue weighted by Crippen LogP contribution is 2.37. The number of rotatable bonds is 6. The van der Waals surface area contributed by atoms with Gasteiger partial charge in [0, 0.05) is 37.3 Å². The minimum atomic E-state index is -0.0682. The molecule has 3 atom stereocenters. The van der Waals surface area contributed by atoms with Gasteiger partial charge in [-0.3, -0.25) is 4.79 Å². The Labute approximate surface area is 139 Å². The summed E-state index contributed by atoms with van der Waals surface area (Å²) in [5.41, 5.74) is 1.21. The molecular weight excluding hydrogens is 288 g/mol. The highest BCUT2D eigenvalue weighted by Gasteiger charge is 2.41. The monoisotopic (exact) mass is 316 g/mol. The van der Waals surface area contributed by atoms with Crippen LogP contribution in [0, 0.1) is 11.8 Å². The van der Waals surface area contributed by atoms with Crippen LogP contribution in [0.25, 0.3) is 0 Å². The Kier molecular flexibility index (Phi) is 5.02. The Morgan fingerprint density at radius 1 is 1.30 bits per heavy atom. The lowest BCUT2D eigenvalue weighted by atomic mass is 9.88. The van der Waals surface area contributed by atoms with Crippen LogP contribution in [0.1, 0.15) is 44.7 Å². The van der Waals surface area contributed by atoms with E-state index in [1.807, 2.05) is 6.07 Å². The number of nitrogens with one attached hydrogen (secondary N) is 2. The lowest BCUT2D eigenvalue weighted by Gasteiger charge is -2.40. The number of amides is 1. The Morgan fingerprint density at radius 3 is 2.57 bits per heavy atom. The van der Waals surface area contributed by atoms with Crippen molar-refractivity contribution in [3.63, 3.8) is 0 Å². The quantitative estimate of drug-likeness (QED) is 0.848. The SMILES string of the molecule is CC(NC1(CNC(=O)C2CC2C)CCOCC1)c1ccccc1. The molecule has 1 aliphatic carbocycles. The number of carbonyl (C=O) groups is 1. The van der Waals surface area contributed by atoms with Crippen molar-refractivity contribution in [2.75, 3.05) is 19.8 Å². The van der Waals surface area contributed by atoms with Gasteiger partial charge in [0.05, 0.1) is 0 Å². The van der Waals surface area contributed by atoms with E-state index in [1.165, 1.54) is 5.56 Å². The van der Waals surface area contributed by atoms with E-state index in [2.05, 4.69) is 48.7 Å². The highest BCUT2D eigenvalue weighted by atomic mass is 16.5. The predicted octanol–water partition coefficient (Wildman–Crippen LogP) is 2.66. The van der Waals surface area contributed by atoms with Crippen molar-refractivity contribution in [2.24, 2.45) is 11.8 Å². The van der Waals surface area contributed by atoms with E-state index in [0.29, 0.717) is 12.5 Å². The predicted molar refractivity (Wildman–Crippen MR) is 91.1 cm³/mol. The van der Waals surface area contributed by atoms with Gasteiger partial charge in [0.15, 0.2) is 0 Å². The third-order valence-electron chi connectivity index (χ3n) is 5.32. The summed E-state index contributed by atoms with van der Waals surface area (Å²) in [6.07, 6.45) is 2.91. The van der Waals surface area contributed by atoms with Crippen LogP contribution >= 0.6 is 0 Å². The second-order valence-corrected chi connectivity index (χ2v) is 7.21. The molecule has 2 aliphatic rings. The zero-order valence-corrected chi connectivity index (χ0v) is 14.2. The van der Waals surface area contributed by atoms with Gasteiger partial charge < -0.3 is 15.4 Å². The van der Waals surface area contributed by atoms with Crippen molar-refractivity contribution in [1.29, 1.82) is 0 Å². The van der Waals surface area contributed by atoms with Crippen molar-refractivity contribution >= 4 is 5.91 Å². The fourth-order valence-corrected chi connectivity index (χ4v) is 3.49. The number of benzene rings is 1. The Morgan fingerprint density at radius 2 is 1.96 bits per heavy atom. The first-order valence-corrected chi connectivity index (χ1v) is 8.78. The molecule has 2 fully saturated rings. The first-order valence-electron chi connectivity index (χ1n) is 8.78. The first-order chi connectivity index (χ1) is 11.1. The van der Waals surface area contributed by atoms with Crippen LogP contribution in [0.5, 0.6) is 0 Å². The number of hydrogen-bond donors (Lipinski definition) is 2. The molecule has 1 amide bonds. The Balaban J connectivity index is 1.63. The molecule has 0 spiro atoms. The molecule has 1 aromatic rings. The van der Waals surface area contributed by atoms with Crippen molar-refractivity contribution in [2.45, 2.75) is 44.7 Å². The molecule has 1 aliphatic heterocycles. The number of carbonyl (C=O) groups excluding carboxylic acids is 1. The van der Waals surface area contributed by atoms with E-state index in [0.717, 1.165) is 32.5 Å². The molecule has 126 valence electrons. The standard InChI is InChI=1S/C19H28N2O2/c1-14-12-17(14)18(22)20-13-19(8-10-23-11-9-19)21-15(2)16-6-4-3-5-7-16/h3-7,14-15,17,21H,8-13H2,1-2H3,(H,20,22). The van der Waals surface area contributed by atoms with Gasteiger partial charge in [0.1, 0.15) is 0 Å². The summed E-state index contributed by atoms with van der Waals surface area (Å²) < 4.78 is 5.54. The summed E-state index contributed by atoms with van der Waals surface area (Å²) in [6.45, 7) is 6.53. The molecule has 3 unspecified atom stereocenters. The molecule has 3 rings (SSSR count). The lowest BCUT2D eigenvalue weighted by Crippen LogP contribution is -2.57. The third-order valence-corrected chi connectivity index (χ3v) is 5.32. The average molecular weight is 316 g/mol. The maximum absolute atomic E-state index is 12.2. The van der Waals surface area contributed by atoms with Crippen LogP contribution in [-0.4, -0.2) is 31.2 Å². The number of hydrogen-bond acceptors (Lipinski definition) is 3. The fraction of sp³-hybridized carbons (Fsp3) is 0.632. The van der Waals surface area contributed by atoms with E-state index in [9.17, 15) is 4.79 Å². The maximum atomic E-state index is 12.2. The van der Waals surface area contributed by atoms with Crippen molar-refractivity contribution < 1.29 is 9.53 Å². The summed E-state index contributed by atoms with van der Waals surface area (Å²) in [4.78, 5) is 12.2. The topological polar surface area (TPSA) is 50.4 Å². The number of ether oxygens (including phenoxy) is 1. The van der Waals surface area contributed by atoms with Crippen LogP contribution in [0.2, 0.25) is 0 Å². The molecule has 0 aromatic heterocycles. The van der Waals surface area contributed by atoms with Crippen LogP contribution in [0.15, 0.2) is 30.3 Å². The van der Waals surface area contributed by atoms with Gasteiger partial charge in [0.25, 0.3) is 0 Å². The third kappa shape index (κ3) is 4.12. The zero-order valence-electron chi connectivity index (χ0n) is 14.2. The summed E-state index contributed by atoms with van der Waals surface area (Å²) in [6, 6.07) is 10.7. The minimum absolute atomic E-state index is 0.0682. The second-order valence-electron chi connectivity index (χ2n) is 7.21. The molecule has 1 aromatic carbocycles. The molecule has 1 saturated carbocycles. The Bertz CT molecular complexity index is 525. The second kappa shape index (κ2) is 7.02. The van der Waals surface area contributed by atoms with E-state index in [-0.39, 0.29) is 23.4 Å². The first kappa shape index (κ1) is 16.5. The normalized spacial score (nSPS) is 27.2. The summed E-state index contributed by atoms with van der Waals surface area (Å²) in [7, 11) is 0. The van der Waals surface area contributed by atoms with Gasteiger partial charge in [-0.2, -0.15) is 0 Å². The summed E-state index contributed by atoms with van der Waals surface area (Å²) >= 11 is 0. The van der Waals surface area contributed by atoms with E-state index >= 15 is 0 Å². The van der Waals surface area contributed by atoms with Gasteiger partial charge in [-0.15, -0.1) is 0 Å².